The fourth-order valence-electron chi connectivity index (χ4n) is 2.73. The summed E-state index contributed by atoms with van der Waals surface area (Å²) in [5.74, 6) is 1.18. The second-order valence-electron chi connectivity index (χ2n) is 7.11. The molecule has 94 valence electrons. The van der Waals surface area contributed by atoms with Crippen LogP contribution in [-0.4, -0.2) is 16.6 Å². The first-order valence-electron chi connectivity index (χ1n) is 6.44. The summed E-state index contributed by atoms with van der Waals surface area (Å²) < 4.78 is 0. The van der Waals surface area contributed by atoms with E-state index in [1.165, 1.54) is 11.4 Å². The van der Waals surface area contributed by atoms with Gasteiger partial charge in [0.05, 0.1) is 0 Å². The molecule has 0 aliphatic carbocycles. The number of fused-ring (bicyclic) bond motifs is 1. The summed E-state index contributed by atoms with van der Waals surface area (Å²) in [5, 5.41) is 0. The minimum absolute atomic E-state index is 0.123. The number of aromatic nitrogens is 1. The summed E-state index contributed by atoms with van der Waals surface area (Å²) in [6.07, 6.45) is 3.02. The Morgan fingerprint density at radius 1 is 1.18 bits per heavy atom. The fourth-order valence-corrected chi connectivity index (χ4v) is 2.73. The molecule has 2 rings (SSSR count). The maximum atomic E-state index is 4.60. The van der Waals surface area contributed by atoms with Crippen LogP contribution in [0.2, 0.25) is 0 Å². The van der Waals surface area contributed by atoms with Crippen molar-refractivity contribution in [3.8, 4) is 0 Å². The van der Waals surface area contributed by atoms with Crippen LogP contribution < -0.4 is 4.90 Å². The van der Waals surface area contributed by atoms with Crippen LogP contribution in [-0.2, 0) is 6.42 Å². The van der Waals surface area contributed by atoms with Crippen molar-refractivity contribution in [2.75, 3.05) is 4.90 Å². The molecule has 0 unspecified atom stereocenters. The van der Waals surface area contributed by atoms with Gasteiger partial charge in [-0.2, -0.15) is 0 Å². The molecule has 1 aromatic heterocycles. The zero-order valence-corrected chi connectivity index (χ0v) is 11.9. The minimum Gasteiger partial charge on any atom is -0.348 e. The van der Waals surface area contributed by atoms with E-state index in [1.807, 2.05) is 12.3 Å². The second kappa shape index (κ2) is 3.72. The molecule has 1 aliphatic rings. The monoisotopic (exact) mass is 232 g/mol. The predicted molar refractivity (Wildman–Crippen MR) is 73.4 cm³/mol. The Bertz CT molecular complexity index is 410. The van der Waals surface area contributed by atoms with Crippen molar-refractivity contribution in [2.45, 2.75) is 59.5 Å². The minimum atomic E-state index is 0.123. The van der Waals surface area contributed by atoms with Gasteiger partial charge in [0.15, 0.2) is 0 Å². The van der Waals surface area contributed by atoms with Crippen molar-refractivity contribution >= 4 is 5.82 Å². The molecule has 1 aliphatic heterocycles. The van der Waals surface area contributed by atoms with E-state index >= 15 is 0 Å². The molecule has 0 bridgehead atoms. The Balaban J connectivity index is 2.48. The molecule has 0 N–H and O–H groups in total. The average Bonchev–Trinajstić information content (AvgIpc) is 2.54. The lowest BCUT2D eigenvalue weighted by Crippen LogP contribution is -2.51. The largest absolute Gasteiger partial charge is 0.348 e. The number of hydrogen-bond donors (Lipinski definition) is 0. The third-order valence-electron chi connectivity index (χ3n) is 3.54. The van der Waals surface area contributed by atoms with Crippen molar-refractivity contribution in [2.24, 2.45) is 5.41 Å². The first-order chi connectivity index (χ1) is 7.71. The highest BCUT2D eigenvalue weighted by Crippen LogP contribution is 2.42. The first-order valence-corrected chi connectivity index (χ1v) is 6.44. The summed E-state index contributed by atoms with van der Waals surface area (Å²) in [6, 6.07) is 4.80. The summed E-state index contributed by atoms with van der Waals surface area (Å²) >= 11 is 0. The number of anilines is 1. The highest BCUT2D eigenvalue weighted by atomic mass is 15.3. The van der Waals surface area contributed by atoms with E-state index in [4.69, 9.17) is 0 Å². The lowest BCUT2D eigenvalue weighted by molar-refractivity contribution is 0.276. The van der Waals surface area contributed by atoms with Crippen molar-refractivity contribution in [1.82, 2.24) is 4.98 Å². The smallest absolute Gasteiger partial charge is 0.132 e. The van der Waals surface area contributed by atoms with Gasteiger partial charge in [0.1, 0.15) is 5.82 Å². The third kappa shape index (κ3) is 2.18. The van der Waals surface area contributed by atoms with Crippen LogP contribution in [0.5, 0.6) is 0 Å². The summed E-state index contributed by atoms with van der Waals surface area (Å²) in [7, 11) is 0. The summed E-state index contributed by atoms with van der Waals surface area (Å²) in [4.78, 5) is 7.10. The molecule has 0 fully saturated rings. The zero-order valence-electron chi connectivity index (χ0n) is 11.9. The van der Waals surface area contributed by atoms with Crippen LogP contribution >= 0.6 is 0 Å². The van der Waals surface area contributed by atoms with Gasteiger partial charge in [-0.1, -0.05) is 26.8 Å². The van der Waals surface area contributed by atoms with Gasteiger partial charge >= 0.3 is 0 Å². The standard InChI is InChI=1S/C15H24N2/c1-14(2,3)12-10-11-8-7-9-16-13(11)17(12)15(4,5)6/h7-9,12H,10H2,1-6H3/t12-/m0/s1. The number of hydrogen-bond acceptors (Lipinski definition) is 2. The molecular weight excluding hydrogens is 208 g/mol. The van der Waals surface area contributed by atoms with Crippen molar-refractivity contribution in [3.05, 3.63) is 23.9 Å². The Morgan fingerprint density at radius 2 is 1.82 bits per heavy atom. The third-order valence-corrected chi connectivity index (χ3v) is 3.54. The quantitative estimate of drug-likeness (QED) is 0.678. The first kappa shape index (κ1) is 12.4. The molecule has 1 aromatic rings. The van der Waals surface area contributed by atoms with E-state index in [0.29, 0.717) is 6.04 Å². The molecule has 1 atom stereocenters. The van der Waals surface area contributed by atoms with E-state index in [9.17, 15) is 0 Å². The van der Waals surface area contributed by atoms with E-state index < -0.39 is 0 Å². The highest BCUT2D eigenvalue weighted by Gasteiger charge is 2.42. The van der Waals surface area contributed by atoms with Gasteiger partial charge in [-0.05, 0) is 44.2 Å². The highest BCUT2D eigenvalue weighted by molar-refractivity contribution is 5.56. The Kier molecular flexibility index (Phi) is 2.72. The number of pyridine rings is 1. The Hall–Kier alpha value is -1.05. The van der Waals surface area contributed by atoms with Gasteiger partial charge in [-0.25, -0.2) is 4.98 Å². The van der Waals surface area contributed by atoms with Crippen LogP contribution in [0.1, 0.15) is 47.1 Å². The topological polar surface area (TPSA) is 16.1 Å². The van der Waals surface area contributed by atoms with E-state index in [1.54, 1.807) is 0 Å². The second-order valence-corrected chi connectivity index (χ2v) is 7.11. The van der Waals surface area contributed by atoms with Crippen LogP contribution in [0.25, 0.3) is 0 Å². The van der Waals surface area contributed by atoms with Gasteiger partial charge in [0.25, 0.3) is 0 Å². The lowest BCUT2D eigenvalue weighted by atomic mass is 9.83. The maximum absolute atomic E-state index is 4.60. The molecule has 0 amide bonds. The van der Waals surface area contributed by atoms with E-state index in [2.05, 4.69) is 57.5 Å². The van der Waals surface area contributed by atoms with Crippen molar-refractivity contribution in [3.63, 3.8) is 0 Å². The van der Waals surface area contributed by atoms with Crippen LogP contribution in [0.4, 0.5) is 5.82 Å². The normalized spacial score (nSPS) is 20.6. The van der Waals surface area contributed by atoms with Gasteiger partial charge < -0.3 is 4.90 Å². The Morgan fingerprint density at radius 3 is 2.35 bits per heavy atom. The van der Waals surface area contributed by atoms with Crippen molar-refractivity contribution < 1.29 is 0 Å². The molecular formula is C15H24N2. The van der Waals surface area contributed by atoms with Crippen LogP contribution in [0.15, 0.2) is 18.3 Å². The zero-order chi connectivity index (χ0) is 12.8. The molecule has 2 heteroatoms. The maximum Gasteiger partial charge on any atom is 0.132 e. The summed E-state index contributed by atoms with van der Waals surface area (Å²) in [6.45, 7) is 13.8. The number of rotatable bonds is 0. The molecule has 0 saturated heterocycles. The Labute approximate surface area is 105 Å². The van der Waals surface area contributed by atoms with Crippen LogP contribution in [0, 0.1) is 5.41 Å². The molecule has 2 heterocycles. The molecule has 0 spiro atoms. The lowest BCUT2D eigenvalue weighted by Gasteiger charge is -2.44. The average molecular weight is 232 g/mol. The van der Waals surface area contributed by atoms with Gasteiger partial charge in [0.2, 0.25) is 0 Å². The SMILES string of the molecule is CC(C)(C)[C@@H]1Cc2cccnc2N1C(C)(C)C. The van der Waals surface area contributed by atoms with Gasteiger partial charge in [-0.3, -0.25) is 0 Å². The molecule has 0 radical (unpaired) electrons. The van der Waals surface area contributed by atoms with Crippen LogP contribution in [0.3, 0.4) is 0 Å². The van der Waals surface area contributed by atoms with Crippen molar-refractivity contribution in [1.29, 1.82) is 0 Å². The van der Waals surface area contributed by atoms with E-state index in [-0.39, 0.29) is 11.0 Å². The molecule has 17 heavy (non-hydrogen) atoms. The van der Waals surface area contributed by atoms with E-state index in [0.717, 1.165) is 6.42 Å². The molecule has 0 aromatic carbocycles. The molecule has 2 nitrogen and oxygen atoms in total. The number of nitrogens with zero attached hydrogens (tertiary/aromatic N) is 2. The summed E-state index contributed by atoms with van der Waals surface area (Å²) in [5.41, 5.74) is 1.79. The molecule has 0 saturated carbocycles. The predicted octanol–water partition coefficient (Wildman–Crippen LogP) is 3.66. The van der Waals surface area contributed by atoms with Gasteiger partial charge in [0, 0.05) is 17.8 Å². The fraction of sp³-hybridized carbons (Fsp3) is 0.667. The van der Waals surface area contributed by atoms with Gasteiger partial charge in [-0.15, -0.1) is 0 Å².